The molecule has 2 heterocycles. The van der Waals surface area contributed by atoms with Crippen molar-refractivity contribution in [3.8, 4) is 22.5 Å². The number of hydrogen-bond donors (Lipinski definition) is 2. The first-order chi connectivity index (χ1) is 16.6. The second-order valence-electron chi connectivity index (χ2n) is 8.04. The summed E-state index contributed by atoms with van der Waals surface area (Å²) in [7, 11) is 0. The molecule has 1 amide bonds. The number of nitrogens with two attached hydrogens (primary N) is 1. The van der Waals surface area contributed by atoms with E-state index in [4.69, 9.17) is 10.7 Å². The summed E-state index contributed by atoms with van der Waals surface area (Å²) in [6, 6.07) is 29.0. The first kappa shape index (κ1) is 21.3. The largest absolute Gasteiger partial charge is 0.382 e. The second-order valence-corrected chi connectivity index (χ2v) is 8.04. The number of fused-ring (bicyclic) bond motifs is 1. The number of carbonyl (C=O) groups is 1. The van der Waals surface area contributed by atoms with Crippen molar-refractivity contribution in [3.05, 3.63) is 108 Å². The van der Waals surface area contributed by atoms with Crippen LogP contribution in [-0.4, -0.2) is 20.9 Å². The Hall–Kier alpha value is -4.58. The third-order valence-electron chi connectivity index (χ3n) is 5.71. The number of nitrogen functional groups attached to an aromatic ring is 1. The van der Waals surface area contributed by atoms with Gasteiger partial charge in [0.25, 0.3) is 5.91 Å². The van der Waals surface area contributed by atoms with Crippen LogP contribution < -0.4 is 11.1 Å². The van der Waals surface area contributed by atoms with Gasteiger partial charge in [0.15, 0.2) is 11.5 Å². The number of nitrogens with one attached hydrogen (secondary N) is 1. The highest BCUT2D eigenvalue weighted by molar-refractivity contribution is 5.98. The first-order valence-electron chi connectivity index (χ1n) is 11.0. The number of anilines is 1. The molecular formula is C28H23N5O. The van der Waals surface area contributed by atoms with Crippen LogP contribution in [0.1, 0.15) is 29.0 Å². The van der Waals surface area contributed by atoms with E-state index in [2.05, 4.69) is 15.3 Å². The van der Waals surface area contributed by atoms with E-state index in [1.165, 1.54) is 0 Å². The van der Waals surface area contributed by atoms with Crippen molar-refractivity contribution < 1.29 is 4.79 Å². The molecule has 0 radical (unpaired) electrons. The standard InChI is InChI=1S/C28H23N5O/c1-18(19-9-4-2-5-10-19)31-28(34)26-27(29)33-24(20-11-6-3-7-12-20)25(32-26)22-14-15-23-21(17-22)13-8-16-30-23/h2-18H,1H3,(H2,29,33)(H,31,34). The van der Waals surface area contributed by atoms with Crippen LogP contribution in [0.3, 0.4) is 0 Å². The summed E-state index contributed by atoms with van der Waals surface area (Å²) in [6.45, 7) is 1.92. The summed E-state index contributed by atoms with van der Waals surface area (Å²) in [5.41, 5.74) is 11.1. The molecule has 2 aromatic heterocycles. The summed E-state index contributed by atoms with van der Waals surface area (Å²) in [5.74, 6) is -0.285. The normalized spacial score (nSPS) is 11.8. The number of nitrogens with zero attached hydrogens (tertiary/aromatic N) is 3. The fourth-order valence-electron chi connectivity index (χ4n) is 3.93. The molecule has 1 atom stereocenters. The molecule has 0 saturated carbocycles. The molecule has 0 spiro atoms. The zero-order valence-corrected chi connectivity index (χ0v) is 18.6. The molecule has 34 heavy (non-hydrogen) atoms. The van der Waals surface area contributed by atoms with Crippen molar-refractivity contribution in [1.29, 1.82) is 0 Å². The monoisotopic (exact) mass is 445 g/mol. The van der Waals surface area contributed by atoms with Crippen molar-refractivity contribution in [1.82, 2.24) is 20.3 Å². The lowest BCUT2D eigenvalue weighted by Crippen LogP contribution is -2.28. The maximum absolute atomic E-state index is 13.2. The molecule has 3 N–H and O–H groups in total. The minimum atomic E-state index is -0.371. The molecule has 0 aliphatic heterocycles. The number of aromatic nitrogens is 3. The first-order valence-corrected chi connectivity index (χ1v) is 11.0. The highest BCUT2D eigenvalue weighted by Gasteiger charge is 2.21. The van der Waals surface area contributed by atoms with Gasteiger partial charge in [-0.25, -0.2) is 9.97 Å². The predicted octanol–water partition coefficient (Wildman–Crippen LogP) is 5.43. The molecule has 0 aliphatic carbocycles. The Morgan fingerprint density at radius 1 is 0.824 bits per heavy atom. The maximum Gasteiger partial charge on any atom is 0.274 e. The molecule has 0 aliphatic rings. The number of carbonyl (C=O) groups excluding carboxylic acids is 1. The minimum absolute atomic E-state index is 0.0859. The number of rotatable bonds is 5. The van der Waals surface area contributed by atoms with Gasteiger partial charge in [-0.1, -0.05) is 72.8 Å². The molecule has 5 rings (SSSR count). The Balaban J connectivity index is 1.60. The van der Waals surface area contributed by atoms with Crippen molar-refractivity contribution in [2.24, 2.45) is 0 Å². The van der Waals surface area contributed by atoms with E-state index in [0.717, 1.165) is 27.6 Å². The molecule has 1 unspecified atom stereocenters. The van der Waals surface area contributed by atoms with Crippen molar-refractivity contribution >= 4 is 22.6 Å². The predicted molar refractivity (Wildman–Crippen MR) is 135 cm³/mol. The Labute approximate surface area is 197 Å². The Bertz CT molecular complexity index is 1470. The molecule has 0 saturated heterocycles. The zero-order chi connectivity index (χ0) is 23.5. The van der Waals surface area contributed by atoms with E-state index in [-0.39, 0.29) is 23.5 Å². The van der Waals surface area contributed by atoms with Crippen LogP contribution in [0, 0.1) is 0 Å². The molecule has 0 fully saturated rings. The number of hydrogen-bond acceptors (Lipinski definition) is 5. The van der Waals surface area contributed by atoms with Crippen molar-refractivity contribution in [2.45, 2.75) is 13.0 Å². The average Bonchev–Trinajstić information content (AvgIpc) is 2.89. The summed E-state index contributed by atoms with van der Waals surface area (Å²) in [4.78, 5) is 27.0. The van der Waals surface area contributed by atoms with Crippen molar-refractivity contribution in [2.75, 3.05) is 5.73 Å². The van der Waals surface area contributed by atoms with E-state index in [0.29, 0.717) is 11.4 Å². The van der Waals surface area contributed by atoms with E-state index in [9.17, 15) is 4.79 Å². The lowest BCUT2D eigenvalue weighted by atomic mass is 10.0. The summed E-state index contributed by atoms with van der Waals surface area (Å²) in [6.07, 6.45) is 1.76. The van der Waals surface area contributed by atoms with Gasteiger partial charge < -0.3 is 11.1 Å². The van der Waals surface area contributed by atoms with Gasteiger partial charge >= 0.3 is 0 Å². The Morgan fingerprint density at radius 3 is 2.29 bits per heavy atom. The van der Waals surface area contributed by atoms with Gasteiger partial charge in [-0.05, 0) is 30.7 Å². The van der Waals surface area contributed by atoms with E-state index < -0.39 is 0 Å². The van der Waals surface area contributed by atoms with Crippen LogP contribution in [0.4, 0.5) is 5.82 Å². The van der Waals surface area contributed by atoms with Gasteiger partial charge in [0.05, 0.1) is 22.9 Å². The van der Waals surface area contributed by atoms with Crippen LogP contribution >= 0.6 is 0 Å². The SMILES string of the molecule is CC(NC(=O)c1nc(-c2ccc3ncccc3c2)c(-c2ccccc2)nc1N)c1ccccc1. The molecule has 6 nitrogen and oxygen atoms in total. The number of benzene rings is 3. The summed E-state index contributed by atoms with van der Waals surface area (Å²) in [5, 5.41) is 3.96. The van der Waals surface area contributed by atoms with Gasteiger partial charge in [0.1, 0.15) is 0 Å². The van der Waals surface area contributed by atoms with Gasteiger partial charge in [-0.15, -0.1) is 0 Å². The Morgan fingerprint density at radius 2 is 1.53 bits per heavy atom. The fraction of sp³-hybridized carbons (Fsp3) is 0.0714. The summed E-state index contributed by atoms with van der Waals surface area (Å²) >= 11 is 0. The van der Waals surface area contributed by atoms with Gasteiger partial charge in [-0.2, -0.15) is 0 Å². The second kappa shape index (κ2) is 9.11. The van der Waals surface area contributed by atoms with Gasteiger partial charge in [0.2, 0.25) is 0 Å². The quantitative estimate of drug-likeness (QED) is 0.376. The van der Waals surface area contributed by atoms with E-state index in [1.54, 1.807) is 6.20 Å². The molecule has 166 valence electrons. The molecule has 5 aromatic rings. The molecule has 0 bridgehead atoms. The maximum atomic E-state index is 13.2. The number of pyridine rings is 1. The molecular weight excluding hydrogens is 422 g/mol. The van der Waals surface area contributed by atoms with Crippen LogP contribution in [-0.2, 0) is 0 Å². The minimum Gasteiger partial charge on any atom is -0.382 e. The van der Waals surface area contributed by atoms with Gasteiger partial charge in [-0.3, -0.25) is 9.78 Å². The number of amides is 1. The smallest absolute Gasteiger partial charge is 0.274 e. The van der Waals surface area contributed by atoms with Crippen LogP contribution in [0.5, 0.6) is 0 Å². The third-order valence-corrected chi connectivity index (χ3v) is 5.71. The van der Waals surface area contributed by atoms with Crippen LogP contribution in [0.2, 0.25) is 0 Å². The lowest BCUT2D eigenvalue weighted by Gasteiger charge is -2.16. The Kier molecular flexibility index (Phi) is 5.70. The summed E-state index contributed by atoms with van der Waals surface area (Å²) < 4.78 is 0. The zero-order valence-electron chi connectivity index (χ0n) is 18.6. The van der Waals surface area contributed by atoms with Crippen LogP contribution in [0.15, 0.2) is 97.2 Å². The highest BCUT2D eigenvalue weighted by Crippen LogP contribution is 2.32. The average molecular weight is 446 g/mol. The van der Waals surface area contributed by atoms with Crippen LogP contribution in [0.25, 0.3) is 33.4 Å². The van der Waals surface area contributed by atoms with Gasteiger partial charge in [0, 0.05) is 22.7 Å². The third kappa shape index (κ3) is 4.21. The highest BCUT2D eigenvalue weighted by atomic mass is 16.2. The lowest BCUT2D eigenvalue weighted by molar-refractivity contribution is 0.0935. The fourth-order valence-corrected chi connectivity index (χ4v) is 3.93. The topological polar surface area (TPSA) is 93.8 Å². The molecule has 3 aromatic carbocycles. The van der Waals surface area contributed by atoms with E-state index >= 15 is 0 Å². The molecule has 6 heteroatoms. The van der Waals surface area contributed by atoms with Crippen molar-refractivity contribution in [3.63, 3.8) is 0 Å². The van der Waals surface area contributed by atoms with E-state index in [1.807, 2.05) is 97.9 Å².